The topological polar surface area (TPSA) is 88.0 Å². The Kier molecular flexibility index (Phi) is 4.69. The zero-order chi connectivity index (χ0) is 17.9. The van der Waals surface area contributed by atoms with E-state index in [1.807, 2.05) is 29.8 Å². The van der Waals surface area contributed by atoms with E-state index in [0.717, 1.165) is 30.7 Å². The van der Waals surface area contributed by atoms with E-state index in [2.05, 4.69) is 25.5 Å². The molecule has 1 aliphatic carbocycles. The summed E-state index contributed by atoms with van der Waals surface area (Å²) in [4.78, 5) is 21.7. The molecule has 0 radical (unpaired) electrons. The van der Waals surface area contributed by atoms with Gasteiger partial charge in [0.2, 0.25) is 5.78 Å². The van der Waals surface area contributed by atoms with Crippen LogP contribution < -0.4 is 5.32 Å². The summed E-state index contributed by atoms with van der Waals surface area (Å²) in [6.07, 6.45) is 13.9. The summed E-state index contributed by atoms with van der Waals surface area (Å²) in [6, 6.07) is 1.71. The van der Waals surface area contributed by atoms with E-state index in [1.165, 1.54) is 19.3 Å². The van der Waals surface area contributed by atoms with Crippen molar-refractivity contribution in [2.24, 2.45) is 0 Å². The summed E-state index contributed by atoms with van der Waals surface area (Å²) in [5, 5.41) is 10.3. The first-order valence-electron chi connectivity index (χ1n) is 9.40. The molecule has 1 fully saturated rings. The first-order chi connectivity index (χ1) is 12.8. The highest BCUT2D eigenvalue weighted by Gasteiger charge is 2.25. The van der Waals surface area contributed by atoms with Crippen molar-refractivity contribution in [2.75, 3.05) is 0 Å². The van der Waals surface area contributed by atoms with Gasteiger partial charge in [0.1, 0.15) is 0 Å². The highest BCUT2D eigenvalue weighted by atomic mass is 16.1. The molecule has 0 aromatic carbocycles. The Morgan fingerprint density at radius 3 is 3.00 bits per heavy atom. The fourth-order valence-electron chi connectivity index (χ4n) is 3.82. The van der Waals surface area contributed by atoms with Crippen LogP contribution in [0.1, 0.15) is 79.2 Å². The van der Waals surface area contributed by atoms with Gasteiger partial charge in [-0.25, -0.2) is 9.97 Å². The lowest BCUT2D eigenvalue weighted by molar-refractivity contribution is 0.0933. The standard InChI is InChI=1S/C19H24N6O/c1-2-15(16-12-25-10-6-9-20-19(25)23-16)22-18(26)14-11-21-24-17(14)13-7-4-3-5-8-13/h6,9-13,15H,2-5,7-8H2,1H3,(H,21,24)(H,22,26)/t15-/m1/s1. The average molecular weight is 352 g/mol. The minimum absolute atomic E-state index is 0.0869. The van der Waals surface area contributed by atoms with Gasteiger partial charge < -0.3 is 5.32 Å². The highest BCUT2D eigenvalue weighted by molar-refractivity contribution is 5.95. The number of carbonyl (C=O) groups excluding carboxylic acids is 1. The van der Waals surface area contributed by atoms with Crippen molar-refractivity contribution < 1.29 is 4.79 Å². The Labute approximate surface area is 152 Å². The van der Waals surface area contributed by atoms with Crippen LogP contribution in [0.2, 0.25) is 0 Å². The Balaban J connectivity index is 1.54. The molecule has 0 aliphatic heterocycles. The molecule has 7 heteroatoms. The molecule has 1 atom stereocenters. The van der Waals surface area contributed by atoms with Crippen LogP contribution in [0.25, 0.3) is 5.78 Å². The van der Waals surface area contributed by atoms with Gasteiger partial charge in [-0.2, -0.15) is 5.10 Å². The van der Waals surface area contributed by atoms with Crippen LogP contribution >= 0.6 is 0 Å². The number of hydrogen-bond acceptors (Lipinski definition) is 4. The zero-order valence-corrected chi connectivity index (χ0v) is 15.0. The molecule has 0 unspecified atom stereocenters. The van der Waals surface area contributed by atoms with Crippen molar-refractivity contribution >= 4 is 11.7 Å². The molecule has 7 nitrogen and oxygen atoms in total. The Bertz CT molecular complexity index is 859. The van der Waals surface area contributed by atoms with E-state index in [1.54, 1.807) is 12.4 Å². The molecular formula is C19H24N6O. The van der Waals surface area contributed by atoms with Crippen molar-refractivity contribution in [2.45, 2.75) is 57.4 Å². The summed E-state index contributed by atoms with van der Waals surface area (Å²) in [7, 11) is 0. The Hall–Kier alpha value is -2.70. The van der Waals surface area contributed by atoms with Gasteiger partial charge in [0.05, 0.1) is 29.2 Å². The number of nitrogens with one attached hydrogen (secondary N) is 2. The van der Waals surface area contributed by atoms with Crippen LogP contribution in [-0.2, 0) is 0 Å². The van der Waals surface area contributed by atoms with Crippen molar-refractivity contribution in [3.63, 3.8) is 0 Å². The molecule has 0 bridgehead atoms. The number of rotatable bonds is 5. The molecule has 0 spiro atoms. The van der Waals surface area contributed by atoms with Crippen LogP contribution in [0.5, 0.6) is 0 Å². The van der Waals surface area contributed by atoms with Gasteiger partial charge >= 0.3 is 0 Å². The molecule has 0 saturated heterocycles. The van der Waals surface area contributed by atoms with E-state index in [9.17, 15) is 4.79 Å². The fourth-order valence-corrected chi connectivity index (χ4v) is 3.82. The maximum atomic E-state index is 12.9. The Morgan fingerprint density at radius 1 is 1.38 bits per heavy atom. The van der Waals surface area contributed by atoms with Crippen LogP contribution in [0.4, 0.5) is 0 Å². The number of aromatic nitrogens is 5. The van der Waals surface area contributed by atoms with Crippen LogP contribution in [0, 0.1) is 0 Å². The van der Waals surface area contributed by atoms with Gasteiger partial charge in [0.25, 0.3) is 5.91 Å². The number of nitrogens with zero attached hydrogens (tertiary/aromatic N) is 4. The summed E-state index contributed by atoms with van der Waals surface area (Å²) in [5.41, 5.74) is 2.47. The third kappa shape index (κ3) is 3.21. The SMILES string of the molecule is CC[C@@H](NC(=O)c1cn[nH]c1C1CCCCC1)c1cn2cccnc2n1. The van der Waals surface area contributed by atoms with Gasteiger partial charge in [0.15, 0.2) is 0 Å². The van der Waals surface area contributed by atoms with E-state index in [0.29, 0.717) is 17.3 Å². The fraction of sp³-hybridized carbons (Fsp3) is 0.474. The molecule has 2 N–H and O–H groups in total. The quantitative estimate of drug-likeness (QED) is 0.737. The van der Waals surface area contributed by atoms with Gasteiger partial charge in [0, 0.05) is 24.5 Å². The molecular weight excluding hydrogens is 328 g/mol. The number of hydrogen-bond donors (Lipinski definition) is 2. The van der Waals surface area contributed by atoms with Gasteiger partial charge in [-0.1, -0.05) is 26.2 Å². The number of aromatic amines is 1. The maximum Gasteiger partial charge on any atom is 0.255 e. The maximum absolute atomic E-state index is 12.9. The van der Waals surface area contributed by atoms with Crippen LogP contribution in [-0.4, -0.2) is 30.5 Å². The van der Waals surface area contributed by atoms with E-state index in [-0.39, 0.29) is 11.9 Å². The molecule has 1 amide bonds. The molecule has 3 heterocycles. The molecule has 3 aromatic heterocycles. The van der Waals surface area contributed by atoms with Gasteiger partial charge in [-0.05, 0) is 25.3 Å². The van der Waals surface area contributed by atoms with E-state index < -0.39 is 0 Å². The zero-order valence-electron chi connectivity index (χ0n) is 15.0. The number of H-pyrrole nitrogens is 1. The van der Waals surface area contributed by atoms with Crippen molar-refractivity contribution in [3.8, 4) is 0 Å². The molecule has 1 aliphatic rings. The number of carbonyl (C=O) groups is 1. The number of fused-ring (bicyclic) bond motifs is 1. The van der Waals surface area contributed by atoms with Crippen LogP contribution in [0.3, 0.4) is 0 Å². The number of imidazole rings is 1. The summed E-state index contributed by atoms with van der Waals surface area (Å²) >= 11 is 0. The van der Waals surface area contributed by atoms with Crippen molar-refractivity contribution in [3.05, 3.63) is 47.8 Å². The third-order valence-electron chi connectivity index (χ3n) is 5.25. The summed E-state index contributed by atoms with van der Waals surface area (Å²) in [5.74, 6) is 0.962. The predicted octanol–water partition coefficient (Wildman–Crippen LogP) is 3.38. The second kappa shape index (κ2) is 7.27. The lowest BCUT2D eigenvalue weighted by Gasteiger charge is -2.22. The second-order valence-electron chi connectivity index (χ2n) is 6.96. The van der Waals surface area contributed by atoms with Gasteiger partial charge in [-0.15, -0.1) is 0 Å². The average Bonchev–Trinajstić information content (AvgIpc) is 3.33. The monoisotopic (exact) mass is 352 g/mol. The van der Waals surface area contributed by atoms with Gasteiger partial charge in [-0.3, -0.25) is 14.3 Å². The van der Waals surface area contributed by atoms with Crippen molar-refractivity contribution in [1.29, 1.82) is 0 Å². The molecule has 136 valence electrons. The normalized spacial score (nSPS) is 16.7. The Morgan fingerprint density at radius 2 is 2.23 bits per heavy atom. The minimum atomic E-state index is -0.154. The largest absolute Gasteiger partial charge is 0.344 e. The summed E-state index contributed by atoms with van der Waals surface area (Å²) < 4.78 is 1.87. The molecule has 3 aromatic rings. The predicted molar refractivity (Wildman–Crippen MR) is 97.9 cm³/mol. The number of amides is 1. The summed E-state index contributed by atoms with van der Waals surface area (Å²) in [6.45, 7) is 2.04. The van der Waals surface area contributed by atoms with E-state index in [4.69, 9.17) is 0 Å². The first-order valence-corrected chi connectivity index (χ1v) is 9.40. The molecule has 26 heavy (non-hydrogen) atoms. The smallest absolute Gasteiger partial charge is 0.255 e. The minimum Gasteiger partial charge on any atom is -0.344 e. The lowest BCUT2D eigenvalue weighted by atomic mass is 9.85. The first kappa shape index (κ1) is 16.8. The van der Waals surface area contributed by atoms with Crippen molar-refractivity contribution in [1.82, 2.24) is 29.9 Å². The van der Waals surface area contributed by atoms with Crippen LogP contribution in [0.15, 0.2) is 30.9 Å². The second-order valence-corrected chi connectivity index (χ2v) is 6.96. The highest BCUT2D eigenvalue weighted by Crippen LogP contribution is 2.33. The van der Waals surface area contributed by atoms with E-state index >= 15 is 0 Å². The molecule has 4 rings (SSSR count). The molecule has 1 saturated carbocycles. The lowest BCUT2D eigenvalue weighted by Crippen LogP contribution is -2.29. The third-order valence-corrected chi connectivity index (χ3v) is 5.25.